The van der Waals surface area contributed by atoms with Crippen molar-refractivity contribution in [2.75, 3.05) is 0 Å². The topological polar surface area (TPSA) is 0 Å². The normalized spacial score (nSPS) is 10.2. The molecule has 3 aromatic rings. The van der Waals surface area contributed by atoms with Gasteiger partial charge in [-0.2, -0.15) is 23.3 Å². The van der Waals surface area contributed by atoms with Gasteiger partial charge >= 0.3 is 21.7 Å². The van der Waals surface area contributed by atoms with Gasteiger partial charge in [0.1, 0.15) is 0 Å². The molecule has 0 spiro atoms. The van der Waals surface area contributed by atoms with Gasteiger partial charge in [-0.15, -0.1) is 40.3 Å². The average Bonchev–Trinajstić information content (AvgIpc) is 3.18. The maximum atomic E-state index is 2.39. The molecule has 0 amide bonds. The molecule has 0 radical (unpaired) electrons. The zero-order valence-corrected chi connectivity index (χ0v) is 22.6. The van der Waals surface area contributed by atoms with Gasteiger partial charge in [0.2, 0.25) is 0 Å². The van der Waals surface area contributed by atoms with E-state index in [9.17, 15) is 0 Å². The fourth-order valence-electron chi connectivity index (χ4n) is 3.67. The molecule has 3 aromatic carbocycles. The first-order chi connectivity index (χ1) is 12.4. The van der Waals surface area contributed by atoms with Gasteiger partial charge in [0, 0.05) is 0 Å². The van der Waals surface area contributed by atoms with Crippen molar-refractivity contribution in [3.8, 4) is 0 Å². The fourth-order valence-corrected chi connectivity index (χ4v) is 6.63. The van der Waals surface area contributed by atoms with Crippen LogP contribution in [0.3, 0.4) is 0 Å². The number of rotatable bonds is 6. The van der Waals surface area contributed by atoms with Crippen LogP contribution in [0, 0.1) is 6.92 Å². The summed E-state index contributed by atoms with van der Waals surface area (Å²) in [6.45, 7) is 13.8. The Bertz CT molecular complexity index is 748. The molecule has 0 aliphatic carbocycles. The van der Waals surface area contributed by atoms with E-state index in [4.69, 9.17) is 0 Å². The van der Waals surface area contributed by atoms with E-state index in [2.05, 4.69) is 96.1 Å². The number of fused-ring (bicyclic) bond motifs is 1. The fraction of sp³-hybridized carbons (Fsp3) is 0.440. The van der Waals surface area contributed by atoms with Crippen LogP contribution in [0.5, 0.6) is 0 Å². The van der Waals surface area contributed by atoms with E-state index in [1.54, 1.807) is 5.30 Å². The predicted octanol–water partition coefficient (Wildman–Crippen LogP) is 1.54. The van der Waals surface area contributed by atoms with Gasteiger partial charge in [-0.05, 0) is 11.3 Å². The van der Waals surface area contributed by atoms with Crippen LogP contribution in [0.4, 0.5) is 0 Å². The number of hydrogen-bond donors (Lipinski definition) is 0. The summed E-state index contributed by atoms with van der Waals surface area (Å²) in [6.07, 6.45) is 3.88. The van der Waals surface area contributed by atoms with Crippen LogP contribution in [-0.4, -0.2) is 11.3 Å². The summed E-state index contributed by atoms with van der Waals surface area (Å²) in [5.41, 5.74) is 4.52. The van der Waals surface area contributed by atoms with E-state index in [0.29, 0.717) is 0 Å². The summed E-state index contributed by atoms with van der Waals surface area (Å²) in [7, 11) is -0.0206. The van der Waals surface area contributed by atoms with Crippen LogP contribution in [0.25, 0.3) is 10.8 Å². The molecule has 0 aliphatic rings. The SMILES string of the molecule is CC(C)P(c1cc2ccccc2[cH-]1)C(C)C.CCCC[c-]1cccc1C.[Cl-].[Cl-].[Ti+4]. The number of benzene rings is 1. The summed E-state index contributed by atoms with van der Waals surface area (Å²) >= 11 is 0. The van der Waals surface area contributed by atoms with E-state index in [1.165, 1.54) is 41.2 Å². The Balaban J connectivity index is 0. The van der Waals surface area contributed by atoms with Crippen molar-refractivity contribution in [3.63, 3.8) is 0 Å². The van der Waals surface area contributed by atoms with Gasteiger partial charge in [-0.1, -0.05) is 74.8 Å². The van der Waals surface area contributed by atoms with Crippen molar-refractivity contribution in [3.05, 3.63) is 65.7 Å². The molecule has 0 aromatic heterocycles. The van der Waals surface area contributed by atoms with Crippen molar-refractivity contribution in [2.24, 2.45) is 0 Å². The second kappa shape index (κ2) is 15.7. The third kappa shape index (κ3) is 9.29. The molecule has 0 nitrogen and oxygen atoms in total. The Hall–Kier alpha value is -0.0957. The van der Waals surface area contributed by atoms with E-state index in [0.717, 1.165) is 11.3 Å². The van der Waals surface area contributed by atoms with Gasteiger partial charge in [-0.3, -0.25) is 0 Å². The predicted molar refractivity (Wildman–Crippen MR) is 122 cm³/mol. The second-order valence-electron chi connectivity index (χ2n) is 7.77. The molecule has 0 saturated heterocycles. The van der Waals surface area contributed by atoms with Gasteiger partial charge in [-0.25, -0.2) is 12.1 Å². The molecule has 0 N–H and O–H groups in total. The van der Waals surface area contributed by atoms with Crippen LogP contribution >= 0.6 is 7.92 Å². The van der Waals surface area contributed by atoms with E-state index < -0.39 is 0 Å². The van der Waals surface area contributed by atoms with Crippen LogP contribution in [-0.2, 0) is 28.1 Å². The quantitative estimate of drug-likeness (QED) is 0.283. The second-order valence-corrected chi connectivity index (χ2v) is 11.2. The number of halogens is 2. The van der Waals surface area contributed by atoms with Crippen molar-refractivity contribution >= 4 is 24.0 Å². The average molecular weight is 485 g/mol. The van der Waals surface area contributed by atoms with Crippen LogP contribution in [0.1, 0.15) is 58.6 Å². The third-order valence-electron chi connectivity index (χ3n) is 4.96. The molecule has 4 heteroatoms. The van der Waals surface area contributed by atoms with Crippen LogP contribution in [0.15, 0.2) is 54.6 Å². The molecule has 3 rings (SSSR count). The summed E-state index contributed by atoms with van der Waals surface area (Å²) < 4.78 is 0. The molecule has 0 unspecified atom stereocenters. The third-order valence-corrected chi connectivity index (χ3v) is 8.04. The standard InChI is InChI=1S/C15H20P.C10H15.2ClH.Ti/c1-11(2)16(12(3)4)15-9-13-7-5-6-8-14(13)10-15;1-3-4-7-10-8-5-6-9(10)2;;;/h5-12H,1-4H3;5-6,8H,3-4,7H2,1-2H3;2*1H;/q2*-1;;;+4/p-2. The van der Waals surface area contributed by atoms with Crippen molar-refractivity contribution in [1.29, 1.82) is 0 Å². The van der Waals surface area contributed by atoms with E-state index in [1.807, 2.05) is 0 Å². The smallest absolute Gasteiger partial charge is 1.00 e. The molecular weight excluding hydrogens is 450 g/mol. The minimum absolute atomic E-state index is 0. The summed E-state index contributed by atoms with van der Waals surface area (Å²) in [4.78, 5) is 0. The van der Waals surface area contributed by atoms with Gasteiger partial charge in [0.25, 0.3) is 0 Å². The summed E-state index contributed by atoms with van der Waals surface area (Å²) in [6, 6.07) is 20.0. The molecule has 29 heavy (non-hydrogen) atoms. The van der Waals surface area contributed by atoms with Gasteiger partial charge in [0.15, 0.2) is 0 Å². The monoisotopic (exact) mass is 484 g/mol. The maximum Gasteiger partial charge on any atom is 4.00 e. The zero-order chi connectivity index (χ0) is 19.1. The molecule has 0 atom stereocenters. The summed E-state index contributed by atoms with van der Waals surface area (Å²) in [5, 5.41) is 4.36. The van der Waals surface area contributed by atoms with E-state index >= 15 is 0 Å². The first-order valence-electron chi connectivity index (χ1n) is 10.1. The van der Waals surface area contributed by atoms with Crippen LogP contribution < -0.4 is 30.1 Å². The Morgan fingerprint density at radius 3 is 2.07 bits per heavy atom. The minimum Gasteiger partial charge on any atom is -1.00 e. The Morgan fingerprint density at radius 2 is 1.59 bits per heavy atom. The molecule has 0 saturated carbocycles. The molecule has 0 aliphatic heterocycles. The van der Waals surface area contributed by atoms with Crippen molar-refractivity contribution in [1.82, 2.24) is 0 Å². The van der Waals surface area contributed by atoms with Gasteiger partial charge in [0.05, 0.1) is 0 Å². The molecule has 0 bridgehead atoms. The van der Waals surface area contributed by atoms with Crippen molar-refractivity contribution in [2.45, 2.75) is 72.1 Å². The van der Waals surface area contributed by atoms with Gasteiger partial charge < -0.3 is 24.8 Å². The first kappa shape index (κ1) is 31.1. The molecule has 0 heterocycles. The molecular formula is C25H35Cl2PTi. The summed E-state index contributed by atoms with van der Waals surface area (Å²) in [5.74, 6) is 0. The van der Waals surface area contributed by atoms with Crippen LogP contribution in [0.2, 0.25) is 0 Å². The number of aryl methyl sites for hydroxylation is 2. The Kier molecular flexibility index (Phi) is 16.8. The number of unbranched alkanes of at least 4 members (excludes halogenated alkanes) is 1. The molecule has 158 valence electrons. The largest absolute Gasteiger partial charge is 4.00 e. The Labute approximate surface area is 207 Å². The first-order valence-corrected chi connectivity index (χ1v) is 11.6. The maximum absolute atomic E-state index is 2.39. The van der Waals surface area contributed by atoms with Crippen molar-refractivity contribution < 1.29 is 46.5 Å². The van der Waals surface area contributed by atoms with E-state index in [-0.39, 0.29) is 54.5 Å². The molecule has 0 fully saturated rings. The minimum atomic E-state index is -0.0206. The Morgan fingerprint density at radius 1 is 0.966 bits per heavy atom. The number of hydrogen-bond acceptors (Lipinski definition) is 0. The zero-order valence-electron chi connectivity index (χ0n) is 18.7.